The summed E-state index contributed by atoms with van der Waals surface area (Å²) in [6.07, 6.45) is 4.46. The molecular formula is C12H20N4O2S. The first-order chi connectivity index (χ1) is 9.24. The maximum atomic E-state index is 12.2. The minimum absolute atomic E-state index is 0.157. The van der Waals surface area contributed by atoms with Crippen molar-refractivity contribution in [1.82, 2.24) is 15.1 Å². The van der Waals surface area contributed by atoms with Crippen LogP contribution in [0.15, 0.2) is 9.64 Å². The average Bonchev–Trinajstić information content (AvgIpc) is 2.92. The molecule has 1 aromatic rings. The van der Waals surface area contributed by atoms with Crippen LogP contribution in [-0.4, -0.2) is 39.3 Å². The number of hydrogen-bond acceptors (Lipinski definition) is 6. The predicted octanol–water partition coefficient (Wildman–Crippen LogP) is 1.41. The van der Waals surface area contributed by atoms with Crippen molar-refractivity contribution in [2.75, 3.05) is 12.3 Å². The molecule has 2 heterocycles. The van der Waals surface area contributed by atoms with E-state index in [-0.39, 0.29) is 12.5 Å². The topological polar surface area (TPSA) is 85.2 Å². The normalized spacial score (nSPS) is 19.7. The molecule has 0 saturated carbocycles. The number of piperidine rings is 1. The van der Waals surface area contributed by atoms with Crippen LogP contribution in [0.25, 0.3) is 0 Å². The highest BCUT2D eigenvalue weighted by molar-refractivity contribution is 7.99. The zero-order valence-electron chi connectivity index (χ0n) is 11.2. The Morgan fingerprint density at radius 2 is 2.37 bits per heavy atom. The van der Waals surface area contributed by atoms with Gasteiger partial charge < -0.3 is 15.1 Å². The number of carbonyl (C=O) groups excluding carboxylic acids is 1. The Bertz CT molecular complexity index is 424. The standard InChI is InChI=1S/C12H20N4O2S/c1-2-9-5-3-4-6-16(9)11(17)8-19-12-15-14-10(7-13)18-12/h9H,2-8,13H2,1H3. The quantitative estimate of drug-likeness (QED) is 0.823. The van der Waals surface area contributed by atoms with Crippen molar-refractivity contribution in [2.45, 2.75) is 50.4 Å². The number of amides is 1. The number of thioether (sulfide) groups is 1. The highest BCUT2D eigenvalue weighted by atomic mass is 32.2. The number of nitrogens with two attached hydrogens (primary N) is 1. The van der Waals surface area contributed by atoms with Crippen LogP contribution in [0.2, 0.25) is 0 Å². The fourth-order valence-corrected chi connectivity index (χ4v) is 3.01. The molecule has 19 heavy (non-hydrogen) atoms. The molecule has 6 nitrogen and oxygen atoms in total. The fourth-order valence-electron chi connectivity index (χ4n) is 2.34. The van der Waals surface area contributed by atoms with E-state index in [0.717, 1.165) is 25.8 Å². The van der Waals surface area contributed by atoms with Crippen molar-refractivity contribution >= 4 is 17.7 Å². The Kier molecular flexibility index (Phi) is 5.21. The smallest absolute Gasteiger partial charge is 0.277 e. The summed E-state index contributed by atoms with van der Waals surface area (Å²) in [6, 6.07) is 0.393. The lowest BCUT2D eigenvalue weighted by Crippen LogP contribution is -2.44. The molecule has 1 fully saturated rings. The van der Waals surface area contributed by atoms with Crippen LogP contribution in [-0.2, 0) is 11.3 Å². The second-order valence-corrected chi connectivity index (χ2v) is 5.53. The zero-order valence-corrected chi connectivity index (χ0v) is 12.0. The SMILES string of the molecule is CCC1CCCCN1C(=O)CSc1nnc(CN)o1. The van der Waals surface area contributed by atoms with E-state index in [4.69, 9.17) is 10.2 Å². The number of carbonyl (C=O) groups is 1. The Hall–Kier alpha value is -1.08. The van der Waals surface area contributed by atoms with Crippen LogP contribution in [0.3, 0.4) is 0 Å². The number of likely N-dealkylation sites (tertiary alicyclic amines) is 1. The van der Waals surface area contributed by atoms with Gasteiger partial charge >= 0.3 is 0 Å². The molecule has 106 valence electrons. The van der Waals surface area contributed by atoms with Crippen molar-refractivity contribution in [1.29, 1.82) is 0 Å². The molecule has 1 atom stereocenters. The van der Waals surface area contributed by atoms with E-state index >= 15 is 0 Å². The second-order valence-electron chi connectivity index (χ2n) is 4.60. The summed E-state index contributed by atoms with van der Waals surface area (Å²) < 4.78 is 5.27. The molecule has 1 amide bonds. The maximum Gasteiger partial charge on any atom is 0.277 e. The molecule has 0 radical (unpaired) electrons. The zero-order chi connectivity index (χ0) is 13.7. The van der Waals surface area contributed by atoms with Crippen molar-refractivity contribution in [3.63, 3.8) is 0 Å². The van der Waals surface area contributed by atoms with Gasteiger partial charge in [-0.15, -0.1) is 10.2 Å². The molecule has 0 aromatic carbocycles. The molecule has 0 spiro atoms. The van der Waals surface area contributed by atoms with Gasteiger partial charge in [-0.05, 0) is 25.7 Å². The minimum atomic E-state index is 0.157. The first-order valence-corrected chi connectivity index (χ1v) is 7.67. The molecule has 2 rings (SSSR count). The third kappa shape index (κ3) is 3.70. The Labute approximate surface area is 117 Å². The summed E-state index contributed by atoms with van der Waals surface area (Å²) in [5, 5.41) is 8.02. The van der Waals surface area contributed by atoms with Gasteiger partial charge in [0.25, 0.3) is 5.22 Å². The van der Waals surface area contributed by atoms with Crippen LogP contribution < -0.4 is 5.73 Å². The second kappa shape index (κ2) is 6.91. The molecular weight excluding hydrogens is 264 g/mol. The molecule has 1 aliphatic rings. The third-order valence-electron chi connectivity index (χ3n) is 3.36. The van der Waals surface area contributed by atoms with Crippen LogP contribution in [0.4, 0.5) is 0 Å². The molecule has 0 bridgehead atoms. The molecule has 1 saturated heterocycles. The van der Waals surface area contributed by atoms with Gasteiger partial charge in [0.05, 0.1) is 12.3 Å². The summed E-state index contributed by atoms with van der Waals surface area (Å²) in [6.45, 7) is 3.23. The van der Waals surface area contributed by atoms with Gasteiger partial charge in [0.15, 0.2) is 0 Å². The lowest BCUT2D eigenvalue weighted by Gasteiger charge is -2.35. The summed E-state index contributed by atoms with van der Waals surface area (Å²) in [7, 11) is 0. The maximum absolute atomic E-state index is 12.2. The molecule has 7 heteroatoms. The summed E-state index contributed by atoms with van der Waals surface area (Å²) in [4.78, 5) is 14.2. The van der Waals surface area contributed by atoms with Crippen LogP contribution in [0, 0.1) is 0 Å². The van der Waals surface area contributed by atoms with E-state index in [1.54, 1.807) is 0 Å². The highest BCUT2D eigenvalue weighted by Gasteiger charge is 2.25. The average molecular weight is 284 g/mol. The van der Waals surface area contributed by atoms with E-state index in [1.807, 2.05) is 4.90 Å². The first-order valence-electron chi connectivity index (χ1n) is 6.69. The van der Waals surface area contributed by atoms with Gasteiger partial charge in [0.1, 0.15) is 0 Å². The Morgan fingerprint density at radius 3 is 3.05 bits per heavy atom. The van der Waals surface area contributed by atoms with Crippen LogP contribution in [0.5, 0.6) is 0 Å². The van der Waals surface area contributed by atoms with Gasteiger partial charge in [0, 0.05) is 12.6 Å². The van der Waals surface area contributed by atoms with Crippen LogP contribution >= 0.6 is 11.8 Å². The largest absolute Gasteiger partial charge is 0.415 e. The van der Waals surface area contributed by atoms with Crippen LogP contribution in [0.1, 0.15) is 38.5 Å². The van der Waals surface area contributed by atoms with Crippen molar-refractivity contribution in [3.8, 4) is 0 Å². The van der Waals surface area contributed by atoms with Gasteiger partial charge in [-0.3, -0.25) is 4.79 Å². The summed E-state index contributed by atoms with van der Waals surface area (Å²) in [5.41, 5.74) is 5.39. The predicted molar refractivity (Wildman–Crippen MR) is 72.6 cm³/mol. The van der Waals surface area contributed by atoms with Gasteiger partial charge in [-0.1, -0.05) is 18.7 Å². The molecule has 0 aliphatic carbocycles. The Balaban J connectivity index is 1.86. The van der Waals surface area contributed by atoms with Gasteiger partial charge in [-0.25, -0.2) is 0 Å². The molecule has 1 aromatic heterocycles. The van der Waals surface area contributed by atoms with Gasteiger partial charge in [-0.2, -0.15) is 0 Å². The number of rotatable bonds is 5. The lowest BCUT2D eigenvalue weighted by molar-refractivity contribution is -0.132. The molecule has 2 N–H and O–H groups in total. The number of hydrogen-bond donors (Lipinski definition) is 1. The van der Waals surface area contributed by atoms with E-state index in [0.29, 0.717) is 22.9 Å². The molecule has 1 unspecified atom stereocenters. The summed E-state index contributed by atoms with van der Waals surface area (Å²) >= 11 is 1.28. The number of aromatic nitrogens is 2. The lowest BCUT2D eigenvalue weighted by atomic mass is 10.0. The van der Waals surface area contributed by atoms with Crippen molar-refractivity contribution in [3.05, 3.63) is 5.89 Å². The van der Waals surface area contributed by atoms with E-state index in [9.17, 15) is 4.79 Å². The first kappa shape index (κ1) is 14.3. The van der Waals surface area contributed by atoms with E-state index < -0.39 is 0 Å². The van der Waals surface area contributed by atoms with Gasteiger partial charge in [0.2, 0.25) is 11.8 Å². The monoisotopic (exact) mass is 284 g/mol. The van der Waals surface area contributed by atoms with E-state index in [2.05, 4.69) is 17.1 Å². The van der Waals surface area contributed by atoms with Crippen molar-refractivity contribution in [2.24, 2.45) is 5.73 Å². The fraction of sp³-hybridized carbons (Fsp3) is 0.750. The molecule has 1 aliphatic heterocycles. The minimum Gasteiger partial charge on any atom is -0.415 e. The highest BCUT2D eigenvalue weighted by Crippen LogP contribution is 2.22. The Morgan fingerprint density at radius 1 is 1.53 bits per heavy atom. The summed E-state index contributed by atoms with van der Waals surface area (Å²) in [5.74, 6) is 0.909. The third-order valence-corrected chi connectivity index (χ3v) is 4.16. The van der Waals surface area contributed by atoms with Crippen molar-refractivity contribution < 1.29 is 9.21 Å². The van der Waals surface area contributed by atoms with E-state index in [1.165, 1.54) is 18.2 Å². The number of nitrogens with zero attached hydrogens (tertiary/aromatic N) is 3.